The molecule has 0 spiro atoms. The average Bonchev–Trinajstić information content (AvgIpc) is 2.80. The molecule has 0 aliphatic carbocycles. The normalized spacial score (nSPS) is 13.0. The molecule has 0 bridgehead atoms. The van der Waals surface area contributed by atoms with Crippen LogP contribution < -0.4 is 5.32 Å². The van der Waals surface area contributed by atoms with Crippen molar-refractivity contribution in [2.45, 2.75) is 25.8 Å². The van der Waals surface area contributed by atoms with Crippen LogP contribution in [-0.2, 0) is 11.2 Å². The Labute approximate surface area is 109 Å². The second kappa shape index (κ2) is 6.57. The first-order chi connectivity index (χ1) is 8.81. The summed E-state index contributed by atoms with van der Waals surface area (Å²) in [5.74, 6) is 0. The number of hydrogen-bond donors (Lipinski definition) is 2. The fraction of sp³-hybridized carbons (Fsp3) is 0.467. The molecule has 2 N–H and O–H groups in total. The number of nitrogens with one attached hydrogen (secondary N) is 2. The SMILES string of the molecule is COCCC(C)NCCc1c[nH]c2ccccc12. The van der Waals surface area contributed by atoms with E-state index in [2.05, 4.69) is 47.7 Å². The number of rotatable bonds is 7. The molecule has 1 aromatic heterocycles. The van der Waals surface area contributed by atoms with E-state index in [4.69, 9.17) is 4.74 Å². The molecule has 3 nitrogen and oxygen atoms in total. The topological polar surface area (TPSA) is 37.0 Å². The number of hydrogen-bond acceptors (Lipinski definition) is 2. The summed E-state index contributed by atoms with van der Waals surface area (Å²) >= 11 is 0. The van der Waals surface area contributed by atoms with Gasteiger partial charge in [-0.1, -0.05) is 18.2 Å². The summed E-state index contributed by atoms with van der Waals surface area (Å²) in [6.07, 6.45) is 4.23. The molecule has 0 amide bonds. The van der Waals surface area contributed by atoms with Crippen LogP contribution in [0, 0.1) is 0 Å². The third-order valence-corrected chi connectivity index (χ3v) is 3.32. The van der Waals surface area contributed by atoms with E-state index in [1.807, 2.05) is 0 Å². The second-order valence-corrected chi connectivity index (χ2v) is 4.75. The molecule has 2 rings (SSSR count). The number of fused-ring (bicyclic) bond motifs is 1. The first-order valence-electron chi connectivity index (χ1n) is 6.58. The van der Waals surface area contributed by atoms with Crippen molar-refractivity contribution in [1.82, 2.24) is 10.3 Å². The highest BCUT2D eigenvalue weighted by Crippen LogP contribution is 2.17. The number of ether oxygens (including phenoxy) is 1. The zero-order chi connectivity index (χ0) is 12.8. The molecule has 2 aromatic rings. The molecule has 0 saturated heterocycles. The van der Waals surface area contributed by atoms with Crippen LogP contribution in [0.25, 0.3) is 10.9 Å². The zero-order valence-electron chi connectivity index (χ0n) is 11.2. The summed E-state index contributed by atoms with van der Waals surface area (Å²) in [6, 6.07) is 8.96. The fourth-order valence-corrected chi connectivity index (χ4v) is 2.19. The number of benzene rings is 1. The van der Waals surface area contributed by atoms with Crippen molar-refractivity contribution in [3.63, 3.8) is 0 Å². The Morgan fingerprint density at radius 1 is 1.33 bits per heavy atom. The second-order valence-electron chi connectivity index (χ2n) is 4.75. The summed E-state index contributed by atoms with van der Waals surface area (Å²) < 4.78 is 5.08. The van der Waals surface area contributed by atoms with Gasteiger partial charge in [-0.15, -0.1) is 0 Å². The Morgan fingerprint density at radius 3 is 3.00 bits per heavy atom. The van der Waals surface area contributed by atoms with Crippen LogP contribution in [0.4, 0.5) is 0 Å². The van der Waals surface area contributed by atoms with Gasteiger partial charge in [-0.3, -0.25) is 0 Å². The number of H-pyrrole nitrogens is 1. The van der Waals surface area contributed by atoms with E-state index < -0.39 is 0 Å². The molecule has 0 fully saturated rings. The molecule has 1 heterocycles. The fourth-order valence-electron chi connectivity index (χ4n) is 2.19. The number of aromatic nitrogens is 1. The smallest absolute Gasteiger partial charge is 0.0476 e. The summed E-state index contributed by atoms with van der Waals surface area (Å²) in [7, 11) is 1.75. The summed E-state index contributed by atoms with van der Waals surface area (Å²) in [4.78, 5) is 3.31. The zero-order valence-corrected chi connectivity index (χ0v) is 11.2. The predicted molar refractivity (Wildman–Crippen MR) is 76.0 cm³/mol. The van der Waals surface area contributed by atoms with E-state index >= 15 is 0 Å². The van der Waals surface area contributed by atoms with E-state index in [1.165, 1.54) is 16.5 Å². The number of para-hydroxylation sites is 1. The molecule has 1 atom stereocenters. The van der Waals surface area contributed by atoms with Crippen LogP contribution in [0.5, 0.6) is 0 Å². The van der Waals surface area contributed by atoms with Gasteiger partial charge in [0.25, 0.3) is 0 Å². The Hall–Kier alpha value is -1.32. The lowest BCUT2D eigenvalue weighted by molar-refractivity contribution is 0.185. The van der Waals surface area contributed by atoms with Crippen molar-refractivity contribution >= 4 is 10.9 Å². The Morgan fingerprint density at radius 2 is 2.17 bits per heavy atom. The van der Waals surface area contributed by atoms with E-state index in [0.717, 1.165) is 26.0 Å². The highest BCUT2D eigenvalue weighted by molar-refractivity contribution is 5.83. The van der Waals surface area contributed by atoms with Crippen molar-refractivity contribution in [2.75, 3.05) is 20.3 Å². The maximum absolute atomic E-state index is 5.08. The number of methoxy groups -OCH3 is 1. The average molecular weight is 246 g/mol. The van der Waals surface area contributed by atoms with Crippen molar-refractivity contribution in [1.29, 1.82) is 0 Å². The minimum Gasteiger partial charge on any atom is -0.385 e. The van der Waals surface area contributed by atoms with Gasteiger partial charge in [-0.2, -0.15) is 0 Å². The van der Waals surface area contributed by atoms with Gasteiger partial charge in [-0.25, -0.2) is 0 Å². The van der Waals surface area contributed by atoms with E-state index in [0.29, 0.717) is 6.04 Å². The highest BCUT2D eigenvalue weighted by Gasteiger charge is 2.04. The Balaban J connectivity index is 1.83. The number of aromatic amines is 1. The maximum atomic E-state index is 5.08. The van der Waals surface area contributed by atoms with E-state index in [9.17, 15) is 0 Å². The van der Waals surface area contributed by atoms with Crippen molar-refractivity contribution < 1.29 is 4.74 Å². The molecule has 18 heavy (non-hydrogen) atoms. The molecule has 0 aliphatic rings. The highest BCUT2D eigenvalue weighted by atomic mass is 16.5. The van der Waals surface area contributed by atoms with Gasteiger partial charge in [0.05, 0.1) is 0 Å². The molecule has 1 aromatic carbocycles. The largest absolute Gasteiger partial charge is 0.385 e. The van der Waals surface area contributed by atoms with Crippen molar-refractivity contribution in [3.8, 4) is 0 Å². The first kappa shape index (κ1) is 13.1. The Kier molecular flexibility index (Phi) is 4.79. The van der Waals surface area contributed by atoms with Gasteiger partial charge in [0.2, 0.25) is 0 Å². The minimum atomic E-state index is 0.509. The molecule has 0 aliphatic heterocycles. The molecule has 0 saturated carbocycles. The van der Waals surface area contributed by atoms with Crippen LogP contribution in [-0.4, -0.2) is 31.3 Å². The first-order valence-corrected chi connectivity index (χ1v) is 6.58. The van der Waals surface area contributed by atoms with Crippen LogP contribution >= 0.6 is 0 Å². The molecule has 0 radical (unpaired) electrons. The van der Waals surface area contributed by atoms with Gasteiger partial charge >= 0.3 is 0 Å². The molecular formula is C15H22N2O. The maximum Gasteiger partial charge on any atom is 0.0476 e. The van der Waals surface area contributed by atoms with Crippen LogP contribution in [0.3, 0.4) is 0 Å². The molecule has 1 unspecified atom stereocenters. The summed E-state index contributed by atoms with van der Waals surface area (Å²) in [6.45, 7) is 4.03. The van der Waals surface area contributed by atoms with Crippen LogP contribution in [0.15, 0.2) is 30.5 Å². The van der Waals surface area contributed by atoms with E-state index in [-0.39, 0.29) is 0 Å². The monoisotopic (exact) mass is 246 g/mol. The van der Waals surface area contributed by atoms with Gasteiger partial charge < -0.3 is 15.0 Å². The minimum absolute atomic E-state index is 0.509. The summed E-state index contributed by atoms with van der Waals surface area (Å²) in [5, 5.41) is 4.86. The predicted octanol–water partition coefficient (Wildman–Crippen LogP) is 2.73. The summed E-state index contributed by atoms with van der Waals surface area (Å²) in [5.41, 5.74) is 2.61. The van der Waals surface area contributed by atoms with Crippen molar-refractivity contribution in [3.05, 3.63) is 36.0 Å². The van der Waals surface area contributed by atoms with Gasteiger partial charge in [0, 0.05) is 36.9 Å². The molecule has 98 valence electrons. The molecular weight excluding hydrogens is 224 g/mol. The van der Waals surface area contributed by atoms with Gasteiger partial charge in [0.1, 0.15) is 0 Å². The Bertz CT molecular complexity index is 478. The standard InChI is InChI=1S/C15H22N2O/c1-12(8-10-18-2)16-9-7-13-11-17-15-6-4-3-5-14(13)15/h3-6,11-12,16-17H,7-10H2,1-2H3. The molecule has 3 heteroatoms. The van der Waals surface area contributed by atoms with Gasteiger partial charge in [-0.05, 0) is 37.9 Å². The third-order valence-electron chi connectivity index (χ3n) is 3.32. The lowest BCUT2D eigenvalue weighted by Gasteiger charge is -2.12. The lowest BCUT2D eigenvalue weighted by Crippen LogP contribution is -2.29. The third kappa shape index (κ3) is 3.34. The quantitative estimate of drug-likeness (QED) is 0.788. The van der Waals surface area contributed by atoms with E-state index in [1.54, 1.807) is 7.11 Å². The van der Waals surface area contributed by atoms with Crippen LogP contribution in [0.1, 0.15) is 18.9 Å². The lowest BCUT2D eigenvalue weighted by atomic mass is 10.1. The van der Waals surface area contributed by atoms with Crippen LogP contribution in [0.2, 0.25) is 0 Å². The van der Waals surface area contributed by atoms with Gasteiger partial charge in [0.15, 0.2) is 0 Å². The van der Waals surface area contributed by atoms with Crippen molar-refractivity contribution in [2.24, 2.45) is 0 Å².